The van der Waals surface area contributed by atoms with Crippen LogP contribution in [0, 0.1) is 0 Å². The lowest BCUT2D eigenvalue weighted by Crippen LogP contribution is -2.73. The molecule has 4 nitrogen and oxygen atoms in total. The van der Waals surface area contributed by atoms with E-state index < -0.39 is 11.1 Å². The summed E-state index contributed by atoms with van der Waals surface area (Å²) in [6, 6.07) is 0. The van der Waals surface area contributed by atoms with E-state index in [0.717, 1.165) is 12.8 Å². The molecule has 1 N–H and O–H groups in total. The van der Waals surface area contributed by atoms with Crippen molar-refractivity contribution in [2.24, 2.45) is 0 Å². The minimum absolute atomic E-state index is 0.0463. The second-order valence-corrected chi connectivity index (χ2v) is 6.57. The molecule has 1 aliphatic heterocycles. The van der Waals surface area contributed by atoms with Gasteiger partial charge in [-0.3, -0.25) is 9.59 Å². The number of amides is 2. The summed E-state index contributed by atoms with van der Waals surface area (Å²) in [5.74, 6) is 0.00935. The summed E-state index contributed by atoms with van der Waals surface area (Å²) in [6.07, 6.45) is 6.38. The minimum atomic E-state index is -0.740. The summed E-state index contributed by atoms with van der Waals surface area (Å²) < 4.78 is 0. The molecule has 4 heteroatoms. The third-order valence-corrected chi connectivity index (χ3v) is 4.53. The highest BCUT2D eigenvalue weighted by atomic mass is 16.2. The van der Waals surface area contributed by atoms with Crippen molar-refractivity contribution in [2.45, 2.75) is 84.2 Å². The van der Waals surface area contributed by atoms with E-state index in [1.165, 1.54) is 19.3 Å². The second-order valence-electron chi connectivity index (χ2n) is 6.57. The molecule has 0 aromatic heterocycles. The number of piperazine rings is 1. The third-order valence-electron chi connectivity index (χ3n) is 4.53. The van der Waals surface area contributed by atoms with Crippen molar-refractivity contribution in [2.75, 3.05) is 6.54 Å². The molecule has 0 bridgehead atoms. The maximum atomic E-state index is 12.7. The van der Waals surface area contributed by atoms with Crippen molar-refractivity contribution >= 4 is 11.8 Å². The highest BCUT2D eigenvalue weighted by Crippen LogP contribution is 2.28. The molecular weight excluding hydrogens is 252 g/mol. The molecule has 0 radical (unpaired) electrons. The van der Waals surface area contributed by atoms with Gasteiger partial charge in [0, 0.05) is 6.54 Å². The lowest BCUT2D eigenvalue weighted by molar-refractivity contribution is -0.160. The zero-order valence-electron chi connectivity index (χ0n) is 13.7. The predicted molar refractivity (Wildman–Crippen MR) is 81.4 cm³/mol. The van der Waals surface area contributed by atoms with E-state index in [1.807, 2.05) is 27.7 Å². The lowest BCUT2D eigenvalue weighted by atomic mass is 9.86. The summed E-state index contributed by atoms with van der Waals surface area (Å²) >= 11 is 0. The van der Waals surface area contributed by atoms with E-state index >= 15 is 0 Å². The molecule has 1 aliphatic rings. The molecule has 0 aromatic rings. The number of carbonyl (C=O) groups excluding carboxylic acids is 2. The number of unbranched alkanes of at least 4 members (excludes halogenated alkanes) is 4. The molecule has 0 spiro atoms. The van der Waals surface area contributed by atoms with Crippen LogP contribution in [0.2, 0.25) is 0 Å². The predicted octanol–water partition coefficient (Wildman–Crippen LogP) is 2.86. The monoisotopic (exact) mass is 282 g/mol. The van der Waals surface area contributed by atoms with E-state index in [0.29, 0.717) is 13.0 Å². The fourth-order valence-electron chi connectivity index (χ4n) is 2.63. The normalized spacial score (nSPS) is 25.8. The molecule has 0 aromatic carbocycles. The van der Waals surface area contributed by atoms with Crippen LogP contribution in [-0.4, -0.2) is 34.3 Å². The Morgan fingerprint density at radius 2 is 1.60 bits per heavy atom. The molecule has 0 saturated carbocycles. The largest absolute Gasteiger partial charge is 0.340 e. The van der Waals surface area contributed by atoms with Gasteiger partial charge in [-0.2, -0.15) is 0 Å². The van der Waals surface area contributed by atoms with Crippen molar-refractivity contribution < 1.29 is 9.59 Å². The van der Waals surface area contributed by atoms with Gasteiger partial charge in [0.15, 0.2) is 0 Å². The summed E-state index contributed by atoms with van der Waals surface area (Å²) in [7, 11) is 0. The molecule has 2 amide bonds. The number of nitrogens with one attached hydrogen (secondary N) is 1. The van der Waals surface area contributed by atoms with Gasteiger partial charge in [-0.05, 0) is 33.6 Å². The standard InChI is InChI=1S/C16H30N2O2/c1-6-8-9-10-11-12-18-14(20)16(5,7-2)17-13(19)15(18,3)4/h6-12H2,1-5H3,(H,17,19). The highest BCUT2D eigenvalue weighted by Gasteiger charge is 2.50. The quantitative estimate of drug-likeness (QED) is 0.730. The van der Waals surface area contributed by atoms with Crippen molar-refractivity contribution in [3.8, 4) is 0 Å². The zero-order valence-corrected chi connectivity index (χ0v) is 13.7. The Hall–Kier alpha value is -1.06. The Morgan fingerprint density at radius 1 is 1.00 bits per heavy atom. The Balaban J connectivity index is 2.72. The van der Waals surface area contributed by atoms with Crippen LogP contribution in [0.4, 0.5) is 0 Å². The van der Waals surface area contributed by atoms with Crippen LogP contribution >= 0.6 is 0 Å². The molecule has 1 unspecified atom stereocenters. The number of nitrogens with zero attached hydrogens (tertiary/aromatic N) is 1. The first-order chi connectivity index (χ1) is 9.29. The molecular formula is C16H30N2O2. The number of hydrogen-bond acceptors (Lipinski definition) is 2. The molecule has 20 heavy (non-hydrogen) atoms. The first-order valence-corrected chi connectivity index (χ1v) is 7.94. The number of rotatable bonds is 7. The molecule has 116 valence electrons. The molecule has 1 heterocycles. The summed E-state index contributed by atoms with van der Waals surface area (Å²) in [5.41, 5.74) is -1.48. The Morgan fingerprint density at radius 3 is 2.15 bits per heavy atom. The van der Waals surface area contributed by atoms with Gasteiger partial charge >= 0.3 is 0 Å². The van der Waals surface area contributed by atoms with E-state index in [4.69, 9.17) is 0 Å². The van der Waals surface area contributed by atoms with Gasteiger partial charge < -0.3 is 10.2 Å². The van der Waals surface area contributed by atoms with Crippen molar-refractivity contribution in [1.29, 1.82) is 0 Å². The summed E-state index contributed by atoms with van der Waals surface area (Å²) in [6.45, 7) is 10.3. The molecule has 1 atom stereocenters. The highest BCUT2D eigenvalue weighted by molar-refractivity contribution is 6.01. The number of carbonyl (C=O) groups is 2. The zero-order chi connectivity index (χ0) is 15.4. The van der Waals surface area contributed by atoms with Crippen LogP contribution in [-0.2, 0) is 9.59 Å². The van der Waals surface area contributed by atoms with Crippen LogP contribution in [0.15, 0.2) is 0 Å². The van der Waals surface area contributed by atoms with Gasteiger partial charge in [0.05, 0.1) is 0 Å². The lowest BCUT2D eigenvalue weighted by Gasteiger charge is -2.48. The van der Waals surface area contributed by atoms with E-state index in [9.17, 15) is 9.59 Å². The Bertz CT molecular complexity index is 365. The molecule has 1 fully saturated rings. The average molecular weight is 282 g/mol. The molecule has 1 rings (SSSR count). The fourth-order valence-corrected chi connectivity index (χ4v) is 2.63. The van der Waals surface area contributed by atoms with Crippen molar-refractivity contribution in [3.63, 3.8) is 0 Å². The van der Waals surface area contributed by atoms with Gasteiger partial charge in [0.2, 0.25) is 11.8 Å². The van der Waals surface area contributed by atoms with Crippen LogP contribution in [0.1, 0.15) is 73.1 Å². The van der Waals surface area contributed by atoms with Crippen molar-refractivity contribution in [1.82, 2.24) is 10.2 Å². The van der Waals surface area contributed by atoms with Gasteiger partial charge in [-0.15, -0.1) is 0 Å². The topological polar surface area (TPSA) is 49.4 Å². The Kier molecular flexibility index (Phi) is 5.60. The number of hydrogen-bond donors (Lipinski definition) is 1. The van der Waals surface area contributed by atoms with Gasteiger partial charge in [0.1, 0.15) is 11.1 Å². The molecule has 0 aliphatic carbocycles. The second kappa shape index (κ2) is 6.59. The molecule has 1 saturated heterocycles. The SMILES string of the molecule is CCCCCCCN1C(=O)C(C)(CC)NC(=O)C1(C)C. The first-order valence-electron chi connectivity index (χ1n) is 7.94. The van der Waals surface area contributed by atoms with E-state index in [2.05, 4.69) is 12.2 Å². The van der Waals surface area contributed by atoms with E-state index in [-0.39, 0.29) is 11.8 Å². The summed E-state index contributed by atoms with van der Waals surface area (Å²) in [5, 5.41) is 2.89. The fraction of sp³-hybridized carbons (Fsp3) is 0.875. The van der Waals surface area contributed by atoms with Gasteiger partial charge in [-0.1, -0.05) is 39.5 Å². The minimum Gasteiger partial charge on any atom is -0.340 e. The van der Waals surface area contributed by atoms with Crippen molar-refractivity contribution in [3.05, 3.63) is 0 Å². The van der Waals surface area contributed by atoms with Crippen LogP contribution in [0.3, 0.4) is 0 Å². The van der Waals surface area contributed by atoms with Gasteiger partial charge in [-0.25, -0.2) is 0 Å². The smallest absolute Gasteiger partial charge is 0.248 e. The van der Waals surface area contributed by atoms with E-state index in [1.54, 1.807) is 4.90 Å². The first kappa shape index (κ1) is 17.0. The summed E-state index contributed by atoms with van der Waals surface area (Å²) in [4.78, 5) is 26.7. The third kappa shape index (κ3) is 3.33. The van der Waals surface area contributed by atoms with Crippen LogP contribution in [0.25, 0.3) is 0 Å². The maximum absolute atomic E-state index is 12.7. The van der Waals surface area contributed by atoms with Gasteiger partial charge in [0.25, 0.3) is 0 Å². The van der Waals surface area contributed by atoms with Crippen LogP contribution in [0.5, 0.6) is 0 Å². The average Bonchev–Trinajstić information content (AvgIpc) is 2.40. The Labute approximate surface area is 123 Å². The van der Waals surface area contributed by atoms with Crippen LogP contribution < -0.4 is 5.32 Å². The maximum Gasteiger partial charge on any atom is 0.248 e.